The third kappa shape index (κ3) is 5.68. The van der Waals surface area contributed by atoms with Crippen LogP contribution in [-0.4, -0.2) is 19.0 Å². The molecule has 2 aromatic heterocycles. The molecular weight excluding hydrogens is 516 g/mol. The van der Waals surface area contributed by atoms with E-state index >= 15 is 0 Å². The highest BCUT2D eigenvalue weighted by Gasteiger charge is 2.23. The lowest BCUT2D eigenvalue weighted by atomic mass is 10.1. The highest BCUT2D eigenvalue weighted by Crippen LogP contribution is 2.29. The second-order valence-corrected chi connectivity index (χ2v) is 9.15. The van der Waals surface area contributed by atoms with E-state index in [9.17, 15) is 24.0 Å². The van der Waals surface area contributed by atoms with Crippen LogP contribution in [0.25, 0.3) is 27.6 Å². The van der Waals surface area contributed by atoms with Crippen molar-refractivity contribution in [2.75, 3.05) is 13.2 Å². The van der Waals surface area contributed by atoms with Crippen molar-refractivity contribution in [1.29, 1.82) is 0 Å². The van der Waals surface area contributed by atoms with Crippen LogP contribution < -0.4 is 32.0 Å². The first-order valence-corrected chi connectivity index (χ1v) is 12.8. The fourth-order valence-electron chi connectivity index (χ4n) is 4.38. The van der Waals surface area contributed by atoms with Gasteiger partial charge in [0.15, 0.2) is 5.78 Å². The molecule has 0 amide bonds. The molecule has 5 aromatic rings. The highest BCUT2D eigenvalue weighted by atomic mass is 16.5. The predicted octanol–water partition coefficient (Wildman–Crippen LogP) is 4.41. The van der Waals surface area contributed by atoms with E-state index in [1.54, 1.807) is 24.3 Å². The summed E-state index contributed by atoms with van der Waals surface area (Å²) in [6, 6.07) is 17.7. The van der Waals surface area contributed by atoms with E-state index < -0.39 is 22.5 Å². The van der Waals surface area contributed by atoms with Crippen molar-refractivity contribution < 1.29 is 23.1 Å². The van der Waals surface area contributed by atoms with Gasteiger partial charge in [-0.3, -0.25) is 4.79 Å². The number of rotatable bonds is 12. The zero-order valence-electron chi connectivity index (χ0n) is 21.3. The molecule has 9 nitrogen and oxygen atoms in total. The van der Waals surface area contributed by atoms with Crippen molar-refractivity contribution in [3.8, 4) is 11.5 Å². The second-order valence-electron chi connectivity index (χ2n) is 9.15. The summed E-state index contributed by atoms with van der Waals surface area (Å²) in [5.41, 5.74) is -2.12. The Morgan fingerprint density at radius 1 is 0.675 bits per heavy atom. The van der Waals surface area contributed by atoms with Gasteiger partial charge in [-0.05, 0) is 55.5 Å². The molecule has 0 bridgehead atoms. The van der Waals surface area contributed by atoms with Crippen LogP contribution in [0.1, 0.15) is 41.6 Å². The van der Waals surface area contributed by atoms with Gasteiger partial charge in [-0.1, -0.05) is 48.5 Å². The molecule has 0 spiro atoms. The van der Waals surface area contributed by atoms with Crippen LogP contribution in [0.3, 0.4) is 0 Å². The average molecular weight is 541 g/mol. The molecule has 9 heteroatoms. The number of fused-ring (bicyclic) bond motifs is 2. The predicted molar refractivity (Wildman–Crippen MR) is 149 cm³/mol. The minimum absolute atomic E-state index is 0.0573. The third-order valence-electron chi connectivity index (χ3n) is 6.42. The van der Waals surface area contributed by atoms with Crippen LogP contribution in [0.2, 0.25) is 0 Å². The van der Waals surface area contributed by atoms with Crippen LogP contribution in [0.4, 0.5) is 0 Å². The molecule has 40 heavy (non-hydrogen) atoms. The van der Waals surface area contributed by atoms with Crippen molar-refractivity contribution in [2.45, 2.75) is 25.7 Å². The average Bonchev–Trinajstić information content (AvgIpc) is 3.42. The standard InChI is InChI=1S/C31H24O9/c32-24(20-8-4-3-5-9-20)15-12-19-10-13-21(14-11-19)37-16-6-1-2-7-17-38-27-25-22(28(33)39-30(25)35)18-23-26(27)31(36)40-29(23)34/h3-5,8-15,18H,1-2,6-7,16-17H2. The van der Waals surface area contributed by atoms with E-state index in [4.69, 9.17) is 9.47 Å². The van der Waals surface area contributed by atoms with Crippen LogP contribution in [0.15, 0.2) is 94.8 Å². The topological polar surface area (TPSA) is 130 Å². The van der Waals surface area contributed by atoms with E-state index in [1.165, 1.54) is 0 Å². The number of hydrogen-bond acceptors (Lipinski definition) is 9. The first-order valence-electron chi connectivity index (χ1n) is 12.8. The number of carbonyl (C=O) groups is 1. The Balaban J connectivity index is 1.07. The van der Waals surface area contributed by atoms with Gasteiger partial charge in [0, 0.05) is 5.56 Å². The molecule has 2 heterocycles. The summed E-state index contributed by atoms with van der Waals surface area (Å²) >= 11 is 0. The van der Waals surface area contributed by atoms with Crippen LogP contribution in [0.5, 0.6) is 11.5 Å². The maximum absolute atomic E-state index is 12.2. The number of furan rings is 2. The van der Waals surface area contributed by atoms with Gasteiger partial charge in [0.25, 0.3) is 0 Å². The SMILES string of the molecule is O=C(C=Cc1ccc(OCCCCCCOc2c3c(=O)oc(=O)c3cc3c(=O)oc(=O)c23)cc1)c1ccccc1. The first kappa shape index (κ1) is 26.6. The summed E-state index contributed by atoms with van der Waals surface area (Å²) in [7, 11) is 0. The number of allylic oxidation sites excluding steroid dienone is 1. The molecule has 0 aliphatic carbocycles. The summed E-state index contributed by atoms with van der Waals surface area (Å²) in [4.78, 5) is 60.4. The molecule has 5 rings (SSSR count). The van der Waals surface area contributed by atoms with Gasteiger partial charge >= 0.3 is 22.5 Å². The lowest BCUT2D eigenvalue weighted by Gasteiger charge is -2.08. The summed E-state index contributed by atoms with van der Waals surface area (Å²) in [6.45, 7) is 0.679. The Morgan fingerprint density at radius 3 is 1.85 bits per heavy atom. The summed E-state index contributed by atoms with van der Waals surface area (Å²) < 4.78 is 20.7. The zero-order valence-corrected chi connectivity index (χ0v) is 21.3. The van der Waals surface area contributed by atoms with Gasteiger partial charge in [0.2, 0.25) is 0 Å². The lowest BCUT2D eigenvalue weighted by Crippen LogP contribution is -2.05. The van der Waals surface area contributed by atoms with E-state index in [-0.39, 0.29) is 39.7 Å². The Kier molecular flexibility index (Phi) is 7.82. The summed E-state index contributed by atoms with van der Waals surface area (Å²) in [6.07, 6.45) is 6.34. The molecule has 0 unspecified atom stereocenters. The molecule has 0 saturated carbocycles. The van der Waals surface area contributed by atoms with Crippen LogP contribution in [-0.2, 0) is 0 Å². The normalized spacial score (nSPS) is 11.5. The number of carbonyl (C=O) groups excluding carboxylic acids is 1. The fourth-order valence-corrected chi connectivity index (χ4v) is 4.38. The van der Waals surface area contributed by atoms with Gasteiger partial charge in [0.1, 0.15) is 22.3 Å². The van der Waals surface area contributed by atoms with Crippen molar-refractivity contribution >= 4 is 33.4 Å². The molecule has 0 atom stereocenters. The van der Waals surface area contributed by atoms with E-state index in [0.29, 0.717) is 18.6 Å². The molecule has 0 radical (unpaired) electrons. The Bertz CT molecular complexity index is 1810. The Morgan fingerprint density at radius 2 is 1.25 bits per heavy atom. The lowest BCUT2D eigenvalue weighted by molar-refractivity contribution is 0.104. The molecule has 3 aromatic carbocycles. The molecule has 0 saturated heterocycles. The molecule has 0 fully saturated rings. The first-order chi connectivity index (χ1) is 19.4. The monoisotopic (exact) mass is 540 g/mol. The van der Waals surface area contributed by atoms with Gasteiger partial charge in [0.05, 0.1) is 24.0 Å². The van der Waals surface area contributed by atoms with Crippen molar-refractivity contribution in [3.63, 3.8) is 0 Å². The Labute approximate surface area is 226 Å². The molecular formula is C31H24O9. The highest BCUT2D eigenvalue weighted by molar-refractivity contribution is 6.06. The van der Waals surface area contributed by atoms with Crippen LogP contribution in [0, 0.1) is 0 Å². The second kappa shape index (κ2) is 11.8. The van der Waals surface area contributed by atoms with E-state index in [0.717, 1.165) is 36.6 Å². The van der Waals surface area contributed by atoms with E-state index in [2.05, 4.69) is 8.83 Å². The molecule has 202 valence electrons. The third-order valence-corrected chi connectivity index (χ3v) is 6.42. The minimum atomic E-state index is -0.924. The fraction of sp³-hybridized carbons (Fsp3) is 0.194. The minimum Gasteiger partial charge on any atom is -0.494 e. The largest absolute Gasteiger partial charge is 0.494 e. The quantitative estimate of drug-likeness (QED) is 0.128. The van der Waals surface area contributed by atoms with Crippen molar-refractivity contribution in [3.05, 3.63) is 120 Å². The maximum Gasteiger partial charge on any atom is 0.350 e. The molecule has 0 aliphatic rings. The van der Waals surface area contributed by atoms with Gasteiger partial charge in [-0.25, -0.2) is 19.2 Å². The number of benzene rings is 3. The van der Waals surface area contributed by atoms with Gasteiger partial charge in [-0.2, -0.15) is 0 Å². The number of unbranched alkanes of at least 4 members (excludes halogenated alkanes) is 3. The van der Waals surface area contributed by atoms with E-state index in [1.807, 2.05) is 42.5 Å². The number of ether oxygens (including phenoxy) is 2. The van der Waals surface area contributed by atoms with Crippen LogP contribution >= 0.6 is 0 Å². The maximum atomic E-state index is 12.2. The van der Waals surface area contributed by atoms with Crippen molar-refractivity contribution in [2.24, 2.45) is 0 Å². The van der Waals surface area contributed by atoms with Gasteiger partial charge < -0.3 is 18.3 Å². The van der Waals surface area contributed by atoms with Crippen molar-refractivity contribution in [1.82, 2.24) is 0 Å². The smallest absolute Gasteiger partial charge is 0.350 e. The van der Waals surface area contributed by atoms with Gasteiger partial charge in [-0.15, -0.1) is 0 Å². The molecule has 0 N–H and O–H groups in total. The summed E-state index contributed by atoms with van der Waals surface area (Å²) in [5.74, 6) is 0.521. The molecule has 0 aliphatic heterocycles. The zero-order chi connectivity index (χ0) is 28.1. The number of hydrogen-bond donors (Lipinski definition) is 0. The Hall–Kier alpha value is -5.05. The summed E-state index contributed by atoms with van der Waals surface area (Å²) in [5, 5.41) is -0.555. The number of ketones is 1.